The van der Waals surface area contributed by atoms with Crippen molar-refractivity contribution >= 4 is 16.7 Å². The highest BCUT2D eigenvalue weighted by Gasteiger charge is 2.08. The molecule has 0 aliphatic rings. The average molecular weight is 435 g/mol. The van der Waals surface area contributed by atoms with E-state index >= 15 is 0 Å². The molecule has 7 nitrogen and oxygen atoms in total. The quantitative estimate of drug-likeness (QED) is 0.399. The van der Waals surface area contributed by atoms with Crippen LogP contribution in [-0.4, -0.2) is 32.0 Å². The minimum absolute atomic E-state index is 0.580. The lowest BCUT2D eigenvalue weighted by Gasteiger charge is -2.10. The third kappa shape index (κ3) is 4.48. The maximum absolute atomic E-state index is 5.24. The molecule has 0 bridgehead atoms. The molecule has 162 valence electrons. The van der Waals surface area contributed by atoms with E-state index in [-0.39, 0.29) is 0 Å². The Labute approximate surface area is 191 Å². The molecule has 0 saturated carbocycles. The maximum Gasteiger partial charge on any atom is 0.213 e. The van der Waals surface area contributed by atoms with Gasteiger partial charge in [-0.3, -0.25) is 9.97 Å². The van der Waals surface area contributed by atoms with Gasteiger partial charge < -0.3 is 10.1 Å². The molecule has 0 saturated heterocycles. The molecule has 4 heterocycles. The Hall–Kier alpha value is -4.39. The van der Waals surface area contributed by atoms with E-state index in [4.69, 9.17) is 4.74 Å². The molecule has 0 aliphatic heterocycles. The number of rotatable bonds is 6. The fraction of sp³-hybridized carbons (Fsp3) is 0.115. The number of hydrogen-bond donors (Lipinski definition) is 1. The van der Waals surface area contributed by atoms with E-state index in [1.165, 1.54) is 0 Å². The minimum atomic E-state index is 0.580. The van der Waals surface area contributed by atoms with Gasteiger partial charge >= 0.3 is 0 Å². The Balaban J connectivity index is 1.35. The monoisotopic (exact) mass is 434 g/mol. The van der Waals surface area contributed by atoms with Gasteiger partial charge in [0.2, 0.25) is 5.88 Å². The summed E-state index contributed by atoms with van der Waals surface area (Å²) in [5, 5.41) is 4.38. The van der Waals surface area contributed by atoms with Crippen molar-refractivity contribution in [2.24, 2.45) is 0 Å². The fourth-order valence-corrected chi connectivity index (χ4v) is 3.67. The lowest BCUT2D eigenvalue weighted by Crippen LogP contribution is -2.03. The summed E-state index contributed by atoms with van der Waals surface area (Å²) in [6, 6.07) is 18.1. The first-order chi connectivity index (χ1) is 16.2. The number of aromatic nitrogens is 5. The number of pyridine rings is 3. The van der Waals surface area contributed by atoms with E-state index < -0.39 is 0 Å². The van der Waals surface area contributed by atoms with Crippen molar-refractivity contribution in [1.29, 1.82) is 0 Å². The number of fused-ring (bicyclic) bond motifs is 1. The van der Waals surface area contributed by atoms with E-state index in [2.05, 4.69) is 42.4 Å². The molecular formula is C26H22N6O. The van der Waals surface area contributed by atoms with Crippen LogP contribution in [0.15, 0.2) is 79.5 Å². The topological polar surface area (TPSA) is 85.7 Å². The van der Waals surface area contributed by atoms with E-state index in [1.54, 1.807) is 25.8 Å². The highest BCUT2D eigenvalue weighted by atomic mass is 16.5. The van der Waals surface area contributed by atoms with Gasteiger partial charge in [0, 0.05) is 47.8 Å². The molecule has 5 rings (SSSR count). The Morgan fingerprint density at radius 3 is 2.45 bits per heavy atom. The number of ether oxygens (including phenoxy) is 1. The summed E-state index contributed by atoms with van der Waals surface area (Å²) in [4.78, 5) is 21.9. The molecule has 4 aromatic heterocycles. The van der Waals surface area contributed by atoms with Crippen LogP contribution in [0, 0.1) is 6.92 Å². The number of anilines is 1. The molecule has 1 N–H and O–H groups in total. The zero-order valence-electron chi connectivity index (χ0n) is 18.4. The summed E-state index contributed by atoms with van der Waals surface area (Å²) < 4.78 is 5.24. The smallest absolute Gasteiger partial charge is 0.213 e. The molecule has 1 aromatic carbocycles. The van der Waals surface area contributed by atoms with Crippen molar-refractivity contribution in [3.05, 3.63) is 90.8 Å². The van der Waals surface area contributed by atoms with Crippen LogP contribution in [0.2, 0.25) is 0 Å². The third-order valence-corrected chi connectivity index (χ3v) is 5.39. The van der Waals surface area contributed by atoms with Gasteiger partial charge in [0.1, 0.15) is 12.1 Å². The van der Waals surface area contributed by atoms with Crippen LogP contribution < -0.4 is 10.1 Å². The molecule has 0 aliphatic carbocycles. The van der Waals surface area contributed by atoms with Gasteiger partial charge in [0.25, 0.3) is 0 Å². The SMILES string of the molecule is COc1cc(-c2ccc3c(NCc4ccc(-c5ccnc(C)c5)nc4)ncnc3c2)ccn1. The lowest BCUT2D eigenvalue weighted by atomic mass is 10.0. The first-order valence-corrected chi connectivity index (χ1v) is 10.6. The maximum atomic E-state index is 5.24. The Bertz CT molecular complexity index is 1420. The second-order valence-electron chi connectivity index (χ2n) is 7.63. The molecule has 0 fully saturated rings. The summed E-state index contributed by atoms with van der Waals surface area (Å²) in [5.74, 6) is 1.36. The van der Waals surface area contributed by atoms with Crippen LogP contribution in [-0.2, 0) is 6.54 Å². The second-order valence-corrected chi connectivity index (χ2v) is 7.63. The second kappa shape index (κ2) is 9.00. The Morgan fingerprint density at radius 2 is 1.64 bits per heavy atom. The van der Waals surface area contributed by atoms with Crippen molar-refractivity contribution in [2.45, 2.75) is 13.5 Å². The van der Waals surface area contributed by atoms with Crippen LogP contribution in [0.25, 0.3) is 33.3 Å². The van der Waals surface area contributed by atoms with Crippen molar-refractivity contribution in [3.8, 4) is 28.3 Å². The van der Waals surface area contributed by atoms with E-state index in [1.807, 2.05) is 55.6 Å². The predicted molar refractivity (Wildman–Crippen MR) is 129 cm³/mol. The number of nitrogens with zero attached hydrogens (tertiary/aromatic N) is 5. The third-order valence-electron chi connectivity index (χ3n) is 5.39. The molecule has 0 spiro atoms. The van der Waals surface area contributed by atoms with E-state index in [0.717, 1.165) is 50.4 Å². The normalized spacial score (nSPS) is 10.8. The Kier molecular flexibility index (Phi) is 5.59. The van der Waals surface area contributed by atoms with Crippen molar-refractivity contribution in [3.63, 3.8) is 0 Å². The van der Waals surface area contributed by atoms with Gasteiger partial charge in [-0.25, -0.2) is 15.0 Å². The number of aryl methyl sites for hydroxylation is 1. The van der Waals surface area contributed by atoms with Crippen LogP contribution >= 0.6 is 0 Å². The molecule has 0 amide bonds. The molecule has 33 heavy (non-hydrogen) atoms. The van der Waals surface area contributed by atoms with E-state index in [9.17, 15) is 0 Å². The van der Waals surface area contributed by atoms with Crippen LogP contribution in [0.5, 0.6) is 5.88 Å². The van der Waals surface area contributed by atoms with Crippen LogP contribution in [0.3, 0.4) is 0 Å². The number of benzene rings is 1. The van der Waals surface area contributed by atoms with Gasteiger partial charge in [-0.15, -0.1) is 0 Å². The van der Waals surface area contributed by atoms with Gasteiger partial charge in [-0.1, -0.05) is 12.1 Å². The standard InChI is InChI=1S/C26H22N6O/c1-17-11-21(8-9-27-17)23-6-3-18(14-29-23)15-30-26-22-5-4-19(12-24(22)31-16-32-26)20-7-10-28-25(13-20)33-2/h3-14,16H,15H2,1-2H3,(H,30,31,32). The summed E-state index contributed by atoms with van der Waals surface area (Å²) in [7, 11) is 1.61. The van der Waals surface area contributed by atoms with Gasteiger partial charge in [-0.05, 0) is 60.0 Å². The molecule has 0 unspecified atom stereocenters. The number of hydrogen-bond acceptors (Lipinski definition) is 7. The van der Waals surface area contributed by atoms with Gasteiger partial charge in [0.15, 0.2) is 0 Å². The van der Waals surface area contributed by atoms with Crippen molar-refractivity contribution < 1.29 is 4.74 Å². The molecule has 0 radical (unpaired) electrons. The van der Waals surface area contributed by atoms with Crippen LogP contribution in [0.1, 0.15) is 11.3 Å². The van der Waals surface area contributed by atoms with Gasteiger partial charge in [-0.2, -0.15) is 0 Å². The summed E-state index contributed by atoms with van der Waals surface area (Å²) in [6.45, 7) is 2.59. The first kappa shape index (κ1) is 20.5. The minimum Gasteiger partial charge on any atom is -0.481 e. The largest absolute Gasteiger partial charge is 0.481 e. The molecule has 0 atom stereocenters. The summed E-state index contributed by atoms with van der Waals surface area (Å²) in [6.07, 6.45) is 7.00. The van der Waals surface area contributed by atoms with Crippen molar-refractivity contribution in [1.82, 2.24) is 24.9 Å². The highest BCUT2D eigenvalue weighted by molar-refractivity contribution is 5.92. The molecular weight excluding hydrogens is 412 g/mol. The zero-order valence-corrected chi connectivity index (χ0v) is 18.4. The summed E-state index contributed by atoms with van der Waals surface area (Å²) in [5.41, 5.74) is 6.95. The fourth-order valence-electron chi connectivity index (χ4n) is 3.67. The predicted octanol–water partition coefficient (Wildman–Crippen LogP) is 5.08. The lowest BCUT2D eigenvalue weighted by molar-refractivity contribution is 0.398. The van der Waals surface area contributed by atoms with E-state index in [0.29, 0.717) is 12.4 Å². The molecule has 7 heteroatoms. The average Bonchev–Trinajstić information content (AvgIpc) is 2.87. The Morgan fingerprint density at radius 1 is 0.788 bits per heavy atom. The number of methoxy groups -OCH3 is 1. The van der Waals surface area contributed by atoms with Crippen molar-refractivity contribution in [2.75, 3.05) is 12.4 Å². The first-order valence-electron chi connectivity index (χ1n) is 10.6. The van der Waals surface area contributed by atoms with Gasteiger partial charge in [0.05, 0.1) is 18.3 Å². The zero-order chi connectivity index (χ0) is 22.6. The summed E-state index contributed by atoms with van der Waals surface area (Å²) >= 11 is 0. The number of nitrogens with one attached hydrogen (secondary N) is 1. The molecule has 5 aromatic rings. The van der Waals surface area contributed by atoms with Crippen LogP contribution in [0.4, 0.5) is 5.82 Å². The highest BCUT2D eigenvalue weighted by Crippen LogP contribution is 2.28.